The van der Waals surface area contributed by atoms with Crippen molar-refractivity contribution in [2.24, 2.45) is 4.99 Å². The van der Waals surface area contributed by atoms with Gasteiger partial charge in [-0.3, -0.25) is 4.98 Å². The molecule has 1 fully saturated rings. The van der Waals surface area contributed by atoms with Crippen molar-refractivity contribution in [1.29, 1.82) is 0 Å². The van der Waals surface area contributed by atoms with Crippen molar-refractivity contribution in [2.75, 3.05) is 0 Å². The molecule has 5 rings (SSSR count). The molecular formula is C19H16FN7O3. The maximum atomic E-state index is 14.2. The number of hydrogen-bond donors (Lipinski definition) is 3. The molecule has 1 aliphatic rings. The van der Waals surface area contributed by atoms with Gasteiger partial charge in [0.15, 0.2) is 17.2 Å². The monoisotopic (exact) mass is 409 g/mol. The Morgan fingerprint density at radius 1 is 1.33 bits per heavy atom. The quantitative estimate of drug-likeness (QED) is 0.454. The van der Waals surface area contributed by atoms with Crippen LogP contribution in [0.1, 0.15) is 24.1 Å². The van der Waals surface area contributed by atoms with Gasteiger partial charge in [0.1, 0.15) is 5.69 Å². The lowest BCUT2D eigenvalue weighted by Crippen LogP contribution is -2.23. The van der Waals surface area contributed by atoms with Gasteiger partial charge in [-0.15, -0.1) is 0 Å². The summed E-state index contributed by atoms with van der Waals surface area (Å²) in [4.78, 5) is 29.3. The van der Waals surface area contributed by atoms with E-state index in [1.807, 2.05) is 6.92 Å². The molecule has 0 amide bonds. The van der Waals surface area contributed by atoms with Crippen LogP contribution in [-0.2, 0) is 0 Å². The number of hydrogen-bond acceptors (Lipinski definition) is 7. The van der Waals surface area contributed by atoms with E-state index in [0.29, 0.717) is 10.9 Å². The number of aromatic nitrogens is 6. The number of H-pyrrole nitrogens is 2. The molecule has 10 nitrogen and oxygen atoms in total. The predicted molar refractivity (Wildman–Crippen MR) is 102 cm³/mol. The van der Waals surface area contributed by atoms with Crippen molar-refractivity contribution < 1.29 is 14.2 Å². The summed E-state index contributed by atoms with van der Waals surface area (Å²) in [7, 11) is 0. The Balaban J connectivity index is 1.69. The largest absolute Gasteiger partial charge is 0.493 e. The van der Waals surface area contributed by atoms with Gasteiger partial charge in [0, 0.05) is 5.22 Å². The average molecular weight is 409 g/mol. The van der Waals surface area contributed by atoms with Crippen LogP contribution in [0.25, 0.3) is 11.7 Å². The van der Waals surface area contributed by atoms with Crippen molar-refractivity contribution in [1.82, 2.24) is 29.5 Å². The summed E-state index contributed by atoms with van der Waals surface area (Å²) in [6, 6.07) is 4.55. The van der Waals surface area contributed by atoms with Crippen LogP contribution in [0.3, 0.4) is 0 Å². The second-order valence-electron chi connectivity index (χ2n) is 7.02. The SMILES string of the molecule is Cc1ccc(F)c(Oc2nc(=NC3CC3)n3nc/c(=C\c4[nH]c(=O)[nH]c4O)c3n2)c1. The highest BCUT2D eigenvalue weighted by Gasteiger charge is 2.21. The highest BCUT2D eigenvalue weighted by atomic mass is 19.1. The molecule has 1 saturated carbocycles. The number of aromatic amines is 2. The Labute approximate surface area is 167 Å². The first kappa shape index (κ1) is 18.0. The van der Waals surface area contributed by atoms with Crippen LogP contribution >= 0.6 is 0 Å². The van der Waals surface area contributed by atoms with E-state index >= 15 is 0 Å². The fourth-order valence-corrected chi connectivity index (χ4v) is 2.89. The van der Waals surface area contributed by atoms with Crippen LogP contribution in [0.4, 0.5) is 4.39 Å². The summed E-state index contributed by atoms with van der Waals surface area (Å²) in [5, 5.41) is 14.6. The highest BCUT2D eigenvalue weighted by Crippen LogP contribution is 2.24. The van der Waals surface area contributed by atoms with E-state index in [1.54, 1.807) is 12.1 Å². The van der Waals surface area contributed by atoms with E-state index in [4.69, 9.17) is 4.74 Å². The van der Waals surface area contributed by atoms with Gasteiger partial charge in [0.05, 0.1) is 12.2 Å². The summed E-state index contributed by atoms with van der Waals surface area (Å²) in [6.45, 7) is 1.82. The third-order valence-corrected chi connectivity index (χ3v) is 4.53. The second kappa shape index (κ2) is 6.79. The number of aromatic hydroxyl groups is 1. The van der Waals surface area contributed by atoms with Gasteiger partial charge in [-0.1, -0.05) is 6.07 Å². The lowest BCUT2D eigenvalue weighted by molar-refractivity contribution is 0.406. The topological polar surface area (TPSA) is 134 Å². The van der Waals surface area contributed by atoms with Crippen molar-refractivity contribution in [3.63, 3.8) is 0 Å². The summed E-state index contributed by atoms with van der Waals surface area (Å²) in [6.07, 6.45) is 4.90. The first-order valence-electron chi connectivity index (χ1n) is 9.23. The van der Waals surface area contributed by atoms with Crippen molar-refractivity contribution in [3.05, 3.63) is 62.8 Å². The van der Waals surface area contributed by atoms with Gasteiger partial charge in [-0.25, -0.2) is 14.2 Å². The smallest absolute Gasteiger partial charge is 0.327 e. The van der Waals surface area contributed by atoms with Crippen molar-refractivity contribution in [3.8, 4) is 17.6 Å². The Bertz CT molecular complexity index is 1450. The Hall–Kier alpha value is -4.02. The summed E-state index contributed by atoms with van der Waals surface area (Å²) < 4.78 is 21.2. The van der Waals surface area contributed by atoms with E-state index < -0.39 is 11.5 Å². The lowest BCUT2D eigenvalue weighted by atomic mass is 10.2. The number of halogens is 1. The summed E-state index contributed by atoms with van der Waals surface area (Å²) in [5.74, 6) is -0.858. The first-order valence-corrected chi connectivity index (χ1v) is 9.23. The van der Waals surface area contributed by atoms with Crippen LogP contribution in [0.5, 0.6) is 17.6 Å². The minimum absolute atomic E-state index is 0.00521. The Morgan fingerprint density at radius 3 is 2.90 bits per heavy atom. The van der Waals surface area contributed by atoms with Gasteiger partial charge in [0.2, 0.25) is 5.88 Å². The molecule has 0 atom stereocenters. The molecule has 11 heteroatoms. The summed E-state index contributed by atoms with van der Waals surface area (Å²) in [5.41, 5.74) is 1.04. The number of nitrogens with one attached hydrogen (secondary N) is 2. The minimum atomic E-state index is -0.548. The molecule has 1 aliphatic carbocycles. The van der Waals surface area contributed by atoms with Crippen molar-refractivity contribution in [2.45, 2.75) is 25.8 Å². The van der Waals surface area contributed by atoms with E-state index in [-0.39, 0.29) is 35.0 Å². The zero-order chi connectivity index (χ0) is 20.8. The van der Waals surface area contributed by atoms with Gasteiger partial charge in [-0.05, 0) is 43.5 Å². The summed E-state index contributed by atoms with van der Waals surface area (Å²) >= 11 is 0. The zero-order valence-corrected chi connectivity index (χ0v) is 15.8. The lowest BCUT2D eigenvalue weighted by Gasteiger charge is -2.06. The third kappa shape index (κ3) is 3.41. The number of fused-ring (bicyclic) bond motifs is 1. The van der Waals surface area contributed by atoms with Gasteiger partial charge >= 0.3 is 11.7 Å². The van der Waals surface area contributed by atoms with Gasteiger partial charge in [0.25, 0.3) is 5.62 Å². The molecular weight excluding hydrogens is 393 g/mol. The van der Waals surface area contributed by atoms with E-state index in [0.717, 1.165) is 18.4 Å². The van der Waals surface area contributed by atoms with Gasteiger partial charge in [-0.2, -0.15) is 19.6 Å². The van der Waals surface area contributed by atoms with Crippen molar-refractivity contribution >= 4 is 11.7 Å². The molecule has 0 spiro atoms. The van der Waals surface area contributed by atoms with E-state index in [2.05, 4.69) is 30.0 Å². The van der Waals surface area contributed by atoms with E-state index in [9.17, 15) is 14.3 Å². The number of ether oxygens (including phenoxy) is 1. The molecule has 0 bridgehead atoms. The molecule has 3 heterocycles. The fraction of sp³-hybridized carbons (Fsp3) is 0.211. The van der Waals surface area contributed by atoms with E-state index in [1.165, 1.54) is 22.9 Å². The maximum Gasteiger partial charge on any atom is 0.327 e. The minimum Gasteiger partial charge on any atom is -0.493 e. The molecule has 0 unspecified atom stereocenters. The molecule has 0 radical (unpaired) electrons. The third-order valence-electron chi connectivity index (χ3n) is 4.53. The Kier molecular flexibility index (Phi) is 4.09. The molecule has 0 saturated heterocycles. The normalized spacial score (nSPS) is 15.3. The molecule has 1 aromatic carbocycles. The number of nitrogens with zero attached hydrogens (tertiary/aromatic N) is 5. The van der Waals surface area contributed by atoms with Crippen LogP contribution in [-0.4, -0.2) is 40.7 Å². The first-order chi connectivity index (χ1) is 14.5. The molecule has 0 aliphatic heterocycles. The molecule has 4 aromatic rings. The molecule has 3 N–H and O–H groups in total. The van der Waals surface area contributed by atoms with Crippen LogP contribution in [0.15, 0.2) is 34.2 Å². The number of benzene rings is 1. The molecule has 152 valence electrons. The number of aryl methyl sites for hydroxylation is 1. The fourth-order valence-electron chi connectivity index (χ4n) is 2.89. The second-order valence-corrected chi connectivity index (χ2v) is 7.02. The average Bonchev–Trinajstić information content (AvgIpc) is 3.34. The molecule has 3 aromatic heterocycles. The van der Waals surface area contributed by atoms with Crippen LogP contribution in [0, 0.1) is 12.7 Å². The zero-order valence-electron chi connectivity index (χ0n) is 15.8. The number of imidazole rings is 1. The van der Waals surface area contributed by atoms with Crippen LogP contribution in [0.2, 0.25) is 0 Å². The Morgan fingerprint density at radius 2 is 2.17 bits per heavy atom. The standard InChI is InChI=1S/C19H16FN7O3/c1-9-2-5-12(20)14(6-9)30-19-24-15-10(7-13-16(28)25-18(29)23-13)8-21-27(15)17(26-19)22-11-3-4-11/h2,5-8,11,28H,3-4H2,1H3,(H2,23,25,29)/b10-7+,22-17?. The van der Waals surface area contributed by atoms with Gasteiger partial charge < -0.3 is 14.8 Å². The predicted octanol–water partition coefficient (Wildman–Crippen LogP) is 0.697. The number of rotatable bonds is 4. The highest BCUT2D eigenvalue weighted by molar-refractivity contribution is 5.56. The maximum absolute atomic E-state index is 14.2. The molecule has 30 heavy (non-hydrogen) atoms. The van der Waals surface area contributed by atoms with Crippen LogP contribution < -0.4 is 21.3 Å².